The number of Topliss-reactive ketones (excluding diaryl/α,β-unsaturated/α-hetero) is 1. The van der Waals surface area contributed by atoms with Crippen molar-refractivity contribution in [3.05, 3.63) is 77.2 Å². The SMILES string of the molecule is C=C(Nc1cc(C(=O)CC2CCCC2)ccc1N)Nc1cc(CNC(=C)C2(C)CCCCC2)ccc1Cl. The molecular weight excluding hydrogens is 480 g/mol. The van der Waals surface area contributed by atoms with Gasteiger partial charge in [-0.15, -0.1) is 0 Å². The first kappa shape index (κ1) is 27.1. The van der Waals surface area contributed by atoms with E-state index in [0.29, 0.717) is 46.7 Å². The molecule has 0 aliphatic heterocycles. The van der Waals surface area contributed by atoms with E-state index >= 15 is 0 Å². The van der Waals surface area contributed by atoms with Gasteiger partial charge >= 0.3 is 0 Å². The zero-order valence-electron chi connectivity index (χ0n) is 22.1. The second-order valence-electron chi connectivity index (χ2n) is 11.1. The van der Waals surface area contributed by atoms with E-state index in [0.717, 1.165) is 29.8 Å². The Morgan fingerprint density at radius 2 is 1.70 bits per heavy atom. The lowest BCUT2D eigenvalue weighted by Gasteiger charge is -2.36. The van der Waals surface area contributed by atoms with Gasteiger partial charge in [0.25, 0.3) is 0 Å². The average Bonchev–Trinajstić information content (AvgIpc) is 3.39. The van der Waals surface area contributed by atoms with Crippen LogP contribution >= 0.6 is 11.6 Å². The molecule has 0 atom stereocenters. The fraction of sp³-hybridized carbons (Fsp3) is 0.452. The van der Waals surface area contributed by atoms with Gasteiger partial charge in [0.2, 0.25) is 0 Å². The third kappa shape index (κ3) is 7.10. The molecule has 198 valence electrons. The van der Waals surface area contributed by atoms with Gasteiger partial charge in [-0.2, -0.15) is 0 Å². The van der Waals surface area contributed by atoms with Crippen molar-refractivity contribution < 1.29 is 4.79 Å². The van der Waals surface area contributed by atoms with Crippen LogP contribution in [-0.4, -0.2) is 5.78 Å². The lowest BCUT2D eigenvalue weighted by Crippen LogP contribution is -2.30. The molecule has 2 aliphatic rings. The zero-order chi connectivity index (χ0) is 26.4. The molecule has 2 aromatic rings. The highest BCUT2D eigenvalue weighted by molar-refractivity contribution is 6.33. The molecule has 0 bridgehead atoms. The van der Waals surface area contributed by atoms with Crippen LogP contribution in [0.1, 0.15) is 87.1 Å². The molecule has 5 nitrogen and oxygen atoms in total. The minimum Gasteiger partial charge on any atom is -0.397 e. The zero-order valence-corrected chi connectivity index (χ0v) is 22.9. The minimum atomic E-state index is 0.164. The van der Waals surface area contributed by atoms with Gasteiger partial charge < -0.3 is 21.7 Å². The molecule has 2 saturated carbocycles. The van der Waals surface area contributed by atoms with E-state index in [1.54, 1.807) is 6.07 Å². The van der Waals surface area contributed by atoms with Crippen LogP contribution in [0.4, 0.5) is 17.1 Å². The molecule has 2 aromatic carbocycles. The van der Waals surface area contributed by atoms with Crippen LogP contribution in [0.25, 0.3) is 0 Å². The molecule has 37 heavy (non-hydrogen) atoms. The number of nitrogens with two attached hydrogens (primary N) is 1. The first-order chi connectivity index (χ1) is 17.7. The number of halogens is 1. The molecule has 2 aliphatic carbocycles. The van der Waals surface area contributed by atoms with Crippen molar-refractivity contribution in [3.8, 4) is 0 Å². The summed E-state index contributed by atoms with van der Waals surface area (Å²) in [4.78, 5) is 12.8. The smallest absolute Gasteiger partial charge is 0.163 e. The number of benzene rings is 2. The molecule has 0 spiro atoms. The maximum Gasteiger partial charge on any atom is 0.163 e. The highest BCUT2D eigenvalue weighted by Gasteiger charge is 2.29. The van der Waals surface area contributed by atoms with E-state index in [1.807, 2.05) is 30.3 Å². The summed E-state index contributed by atoms with van der Waals surface area (Å²) in [6.45, 7) is 11.4. The van der Waals surface area contributed by atoms with Gasteiger partial charge in [-0.05, 0) is 54.7 Å². The Hall–Kier alpha value is -2.92. The first-order valence-corrected chi connectivity index (χ1v) is 14.0. The Morgan fingerprint density at radius 3 is 2.43 bits per heavy atom. The number of carbonyl (C=O) groups is 1. The van der Waals surface area contributed by atoms with Crippen molar-refractivity contribution in [2.24, 2.45) is 11.3 Å². The molecule has 0 aromatic heterocycles. The largest absolute Gasteiger partial charge is 0.397 e. The summed E-state index contributed by atoms with van der Waals surface area (Å²) < 4.78 is 0. The predicted octanol–water partition coefficient (Wildman–Crippen LogP) is 8.25. The lowest BCUT2D eigenvalue weighted by atomic mass is 9.73. The highest BCUT2D eigenvalue weighted by atomic mass is 35.5. The Labute approximate surface area is 226 Å². The molecule has 5 N–H and O–H groups in total. The first-order valence-electron chi connectivity index (χ1n) is 13.6. The van der Waals surface area contributed by atoms with Crippen LogP contribution in [0.5, 0.6) is 0 Å². The van der Waals surface area contributed by atoms with Crippen LogP contribution in [0.2, 0.25) is 5.02 Å². The maximum atomic E-state index is 12.8. The van der Waals surface area contributed by atoms with Gasteiger partial charge in [-0.3, -0.25) is 4.79 Å². The molecule has 0 amide bonds. The summed E-state index contributed by atoms with van der Waals surface area (Å²) in [6.07, 6.45) is 11.6. The summed E-state index contributed by atoms with van der Waals surface area (Å²) in [7, 11) is 0. The maximum absolute atomic E-state index is 12.8. The van der Waals surface area contributed by atoms with E-state index in [-0.39, 0.29) is 11.2 Å². The third-order valence-electron chi connectivity index (χ3n) is 8.12. The molecule has 0 radical (unpaired) electrons. The number of hydrogen-bond donors (Lipinski definition) is 4. The van der Waals surface area contributed by atoms with Gasteiger partial charge in [0.15, 0.2) is 5.78 Å². The number of nitrogen functional groups attached to an aromatic ring is 1. The van der Waals surface area contributed by atoms with Crippen LogP contribution in [0, 0.1) is 11.3 Å². The summed E-state index contributed by atoms with van der Waals surface area (Å²) in [5.74, 6) is 1.20. The summed E-state index contributed by atoms with van der Waals surface area (Å²) in [5, 5.41) is 10.6. The van der Waals surface area contributed by atoms with Crippen molar-refractivity contribution in [1.29, 1.82) is 0 Å². The Morgan fingerprint density at radius 1 is 1.00 bits per heavy atom. The quantitative estimate of drug-likeness (QED) is 0.177. The van der Waals surface area contributed by atoms with Crippen LogP contribution in [-0.2, 0) is 6.54 Å². The van der Waals surface area contributed by atoms with Crippen molar-refractivity contribution in [2.45, 2.75) is 77.7 Å². The standard InChI is InChI=1S/C31H41ClN4O/c1-21(31(3)15-7-4-8-16-31)34-20-24-11-13-26(32)28(17-24)35-22(2)36-29-19-25(12-14-27(29)33)30(37)18-23-9-5-6-10-23/h11-14,17,19,23,34-36H,1-2,4-10,15-16,18,20,33H2,3H3. The molecule has 2 fully saturated rings. The monoisotopic (exact) mass is 520 g/mol. The molecule has 6 heteroatoms. The van der Waals surface area contributed by atoms with E-state index in [2.05, 4.69) is 36.0 Å². The van der Waals surface area contributed by atoms with Crippen molar-refractivity contribution >= 4 is 34.4 Å². The molecular formula is C31H41ClN4O. The van der Waals surface area contributed by atoms with Gasteiger partial charge in [0, 0.05) is 29.6 Å². The van der Waals surface area contributed by atoms with Gasteiger partial charge in [-0.25, -0.2) is 0 Å². The Bertz CT molecular complexity index is 1150. The fourth-order valence-corrected chi connectivity index (χ4v) is 5.79. The topological polar surface area (TPSA) is 79.2 Å². The molecule has 0 saturated heterocycles. The second-order valence-corrected chi connectivity index (χ2v) is 11.5. The number of hydrogen-bond acceptors (Lipinski definition) is 5. The Balaban J connectivity index is 1.36. The summed E-state index contributed by atoms with van der Waals surface area (Å²) >= 11 is 6.49. The fourth-order valence-electron chi connectivity index (χ4n) is 5.62. The number of nitrogens with one attached hydrogen (secondary N) is 3. The van der Waals surface area contributed by atoms with Gasteiger partial charge in [-0.1, -0.05) is 82.7 Å². The summed E-state index contributed by atoms with van der Waals surface area (Å²) in [5.41, 5.74) is 11.2. The van der Waals surface area contributed by atoms with E-state index in [4.69, 9.17) is 17.3 Å². The number of carbonyl (C=O) groups excluding carboxylic acids is 1. The van der Waals surface area contributed by atoms with Crippen LogP contribution < -0.4 is 21.7 Å². The average molecular weight is 521 g/mol. The summed E-state index contributed by atoms with van der Waals surface area (Å²) in [6, 6.07) is 11.3. The van der Waals surface area contributed by atoms with E-state index < -0.39 is 0 Å². The van der Waals surface area contributed by atoms with E-state index in [9.17, 15) is 4.79 Å². The number of ketones is 1. The molecule has 4 rings (SSSR count). The lowest BCUT2D eigenvalue weighted by molar-refractivity contribution is 0.0962. The second kappa shape index (κ2) is 12.1. The number of anilines is 3. The van der Waals surface area contributed by atoms with Crippen LogP contribution in [0.3, 0.4) is 0 Å². The number of allylic oxidation sites excluding steroid dienone is 1. The molecule has 0 unspecified atom stereocenters. The van der Waals surface area contributed by atoms with Crippen molar-refractivity contribution in [2.75, 3.05) is 16.4 Å². The molecule has 0 heterocycles. The highest BCUT2D eigenvalue weighted by Crippen LogP contribution is 2.40. The van der Waals surface area contributed by atoms with E-state index in [1.165, 1.54) is 44.9 Å². The van der Waals surface area contributed by atoms with Crippen LogP contribution in [0.15, 0.2) is 61.1 Å². The van der Waals surface area contributed by atoms with Crippen molar-refractivity contribution in [1.82, 2.24) is 5.32 Å². The third-order valence-corrected chi connectivity index (χ3v) is 8.45. The minimum absolute atomic E-state index is 0.164. The van der Waals surface area contributed by atoms with Crippen molar-refractivity contribution in [3.63, 3.8) is 0 Å². The number of rotatable bonds is 11. The normalized spacial score (nSPS) is 17.2. The van der Waals surface area contributed by atoms with Gasteiger partial charge in [0.05, 0.1) is 22.1 Å². The Kier molecular flexibility index (Phi) is 8.86. The van der Waals surface area contributed by atoms with Gasteiger partial charge in [0.1, 0.15) is 5.82 Å². The predicted molar refractivity (Wildman–Crippen MR) is 157 cm³/mol.